The molecule has 2 spiro atoms. The second-order valence-corrected chi connectivity index (χ2v) is 19.6. The minimum atomic E-state index is -0.673. The van der Waals surface area contributed by atoms with Crippen LogP contribution in [0.3, 0.4) is 0 Å². The lowest BCUT2D eigenvalue weighted by molar-refractivity contribution is -0.487. The Hall–Kier alpha value is -1.79. The van der Waals surface area contributed by atoms with Crippen molar-refractivity contribution < 1.29 is 38.7 Å². The standard InChI is InChI=1S/C42H59ClN2O8/c1-22-16-27(43)18-28(17-22)44-38(46)49-45-33(37-26(5)32-11-9-24(3)30-13-15-40(7)21-36(48-37)42(30,32)53-51-40)19-34-25(4)31-10-8-23(2)29-12-14-39(6)20-35(47-34)41(29,31)52-50-39/h16-18,23-26,29-32,34-37H,8-15,19-21H2,1-7H3,(H,44,46)/b45-33-/t23-,24-,25-,26-,29+,30+,31+,32+,34-,35-,36-,37+,39-,40-,41-,42-/m1/s1. The molecule has 1 aromatic rings. The molecule has 10 fully saturated rings. The Morgan fingerprint density at radius 2 is 1.38 bits per heavy atom. The molecule has 10 nitrogen and oxygen atoms in total. The van der Waals surface area contributed by atoms with E-state index in [2.05, 4.69) is 46.9 Å². The van der Waals surface area contributed by atoms with Crippen LogP contribution in [-0.4, -0.2) is 58.6 Å². The van der Waals surface area contributed by atoms with E-state index in [1.807, 2.05) is 19.1 Å². The van der Waals surface area contributed by atoms with Gasteiger partial charge in [0, 0.05) is 30.0 Å². The molecule has 0 radical (unpaired) electrons. The maximum atomic E-state index is 13.4. The topological polar surface area (TPSA) is 106 Å². The molecule has 11 rings (SSSR count). The zero-order valence-electron chi connectivity index (χ0n) is 32.5. The van der Waals surface area contributed by atoms with Gasteiger partial charge in [-0.3, -0.25) is 10.2 Å². The summed E-state index contributed by atoms with van der Waals surface area (Å²) >= 11 is 6.30. The molecular weight excluding hydrogens is 696 g/mol. The molecular formula is C42H59ClN2O8. The lowest BCUT2D eigenvalue weighted by Crippen LogP contribution is -2.71. The average Bonchev–Trinajstić information content (AvgIpc) is 3.48. The first-order valence-corrected chi connectivity index (χ1v) is 21.0. The van der Waals surface area contributed by atoms with E-state index < -0.39 is 22.9 Å². The molecule has 53 heavy (non-hydrogen) atoms. The van der Waals surface area contributed by atoms with Crippen molar-refractivity contribution in [2.75, 3.05) is 5.32 Å². The number of anilines is 1. The van der Waals surface area contributed by atoms with Crippen LogP contribution in [-0.2, 0) is 33.9 Å². The molecule has 6 saturated heterocycles. The van der Waals surface area contributed by atoms with Gasteiger partial charge in [-0.2, -0.15) is 0 Å². The van der Waals surface area contributed by atoms with E-state index in [9.17, 15) is 4.79 Å². The van der Waals surface area contributed by atoms with Crippen LogP contribution in [0.5, 0.6) is 0 Å². The highest BCUT2D eigenvalue weighted by Crippen LogP contribution is 2.63. The minimum absolute atomic E-state index is 0.0444. The molecule has 1 aromatic carbocycles. The number of rotatable bonds is 5. The van der Waals surface area contributed by atoms with Gasteiger partial charge in [-0.25, -0.2) is 24.3 Å². The number of halogens is 1. The van der Waals surface area contributed by atoms with E-state index in [1.165, 1.54) is 6.42 Å². The van der Waals surface area contributed by atoms with Crippen LogP contribution >= 0.6 is 11.6 Å². The third kappa shape index (κ3) is 5.85. The van der Waals surface area contributed by atoms with Gasteiger partial charge in [0.1, 0.15) is 28.5 Å². The number of carbonyl (C=O) groups is 1. The highest BCUT2D eigenvalue weighted by atomic mass is 35.5. The molecule has 4 aliphatic carbocycles. The minimum Gasteiger partial charge on any atom is -0.371 e. The van der Waals surface area contributed by atoms with E-state index in [4.69, 9.17) is 50.6 Å². The molecule has 0 unspecified atom stereocenters. The first kappa shape index (κ1) is 36.8. The summed E-state index contributed by atoms with van der Waals surface area (Å²) in [5.41, 5.74) is 0.461. The number of fused-ring (bicyclic) bond motifs is 4. The summed E-state index contributed by atoms with van der Waals surface area (Å²) in [6.45, 7) is 15.6. The normalized spacial score (nSPS) is 50.0. The molecule has 11 heteroatoms. The Kier molecular flexibility index (Phi) is 9.13. The third-order valence-corrected chi connectivity index (χ3v) is 16.0. The van der Waals surface area contributed by atoms with Crippen LogP contribution in [0, 0.1) is 54.3 Å². The van der Waals surface area contributed by atoms with Crippen molar-refractivity contribution in [1.82, 2.24) is 0 Å². The van der Waals surface area contributed by atoms with Gasteiger partial charge in [-0.15, -0.1) is 0 Å². The van der Waals surface area contributed by atoms with Gasteiger partial charge >= 0.3 is 6.09 Å². The number of hydrogen-bond donors (Lipinski definition) is 1. The van der Waals surface area contributed by atoms with Crippen molar-refractivity contribution >= 4 is 29.1 Å². The summed E-state index contributed by atoms with van der Waals surface area (Å²) in [5, 5.41) is 8.11. The predicted octanol–water partition coefficient (Wildman–Crippen LogP) is 9.36. The van der Waals surface area contributed by atoms with Gasteiger partial charge in [0.05, 0.1) is 24.0 Å². The smallest absolute Gasteiger partial charge is 0.371 e. The summed E-state index contributed by atoms with van der Waals surface area (Å²) < 4.78 is 14.6. The van der Waals surface area contributed by atoms with Crippen LogP contribution < -0.4 is 5.32 Å². The van der Waals surface area contributed by atoms with Crippen LogP contribution in [0.1, 0.15) is 118 Å². The van der Waals surface area contributed by atoms with Crippen molar-refractivity contribution in [3.05, 3.63) is 28.8 Å². The van der Waals surface area contributed by atoms with Crippen LogP contribution in [0.2, 0.25) is 5.02 Å². The monoisotopic (exact) mass is 754 g/mol. The first-order valence-electron chi connectivity index (χ1n) is 20.6. The van der Waals surface area contributed by atoms with Gasteiger partial charge in [0.15, 0.2) is 0 Å². The average molecular weight is 755 g/mol. The maximum absolute atomic E-state index is 13.4. The second kappa shape index (κ2) is 13.1. The Balaban J connectivity index is 1.05. The number of aryl methyl sites for hydroxylation is 1. The highest BCUT2D eigenvalue weighted by Gasteiger charge is 2.70. The molecule has 10 aliphatic rings. The molecule has 4 saturated carbocycles. The van der Waals surface area contributed by atoms with E-state index in [0.717, 1.165) is 63.4 Å². The van der Waals surface area contributed by atoms with E-state index in [0.29, 0.717) is 46.5 Å². The number of oxime groups is 1. The molecule has 292 valence electrons. The molecule has 16 atom stereocenters. The summed E-state index contributed by atoms with van der Waals surface area (Å²) in [5.74, 6) is 2.52. The Morgan fingerprint density at radius 1 is 0.792 bits per heavy atom. The fourth-order valence-corrected chi connectivity index (χ4v) is 13.4. The van der Waals surface area contributed by atoms with Gasteiger partial charge < -0.3 is 9.47 Å². The number of ether oxygens (including phenoxy) is 2. The van der Waals surface area contributed by atoms with Crippen molar-refractivity contribution in [2.45, 2.75) is 166 Å². The molecule has 6 aliphatic heterocycles. The zero-order valence-corrected chi connectivity index (χ0v) is 33.3. The van der Waals surface area contributed by atoms with Gasteiger partial charge in [-0.1, -0.05) is 44.5 Å². The summed E-state index contributed by atoms with van der Waals surface area (Å²) in [6, 6.07) is 5.40. The first-order chi connectivity index (χ1) is 25.2. The molecule has 1 amide bonds. The SMILES string of the molecule is Cc1cc(Cl)cc(NC(=O)O/N=C(/C[C@H]2O[C@@H]3C[C@@]4(C)CC[C@H]5[C@H](C)CC[C@@H]([C@H]2C)[C@@]35OO4)[C@H]2O[C@@H]3C[C@@]4(C)CC[C@H]5[C@H](C)CC[C@@H]([C@H]2C)[C@@]35OO4)c1. The fraction of sp³-hybridized carbons (Fsp3) is 0.810. The van der Waals surface area contributed by atoms with Crippen molar-refractivity contribution in [3.8, 4) is 0 Å². The zero-order chi connectivity index (χ0) is 37.1. The van der Waals surface area contributed by atoms with Gasteiger partial charge in [0.25, 0.3) is 0 Å². The number of benzene rings is 1. The molecule has 6 heterocycles. The fourth-order valence-electron chi connectivity index (χ4n) is 13.1. The highest BCUT2D eigenvalue weighted by molar-refractivity contribution is 6.31. The summed E-state index contributed by atoms with van der Waals surface area (Å²) in [7, 11) is 0. The Morgan fingerprint density at radius 3 is 1.98 bits per heavy atom. The maximum Gasteiger partial charge on any atom is 0.437 e. The largest absolute Gasteiger partial charge is 0.437 e. The van der Waals surface area contributed by atoms with Crippen molar-refractivity contribution in [2.24, 2.45) is 52.5 Å². The quantitative estimate of drug-likeness (QED) is 0.137. The van der Waals surface area contributed by atoms with Gasteiger partial charge in [0.2, 0.25) is 0 Å². The summed E-state index contributed by atoms with van der Waals surface area (Å²) in [4.78, 5) is 44.9. The number of carbonyl (C=O) groups excluding carboxylic acids is 1. The lowest BCUT2D eigenvalue weighted by Gasteiger charge is -2.62. The second-order valence-electron chi connectivity index (χ2n) is 19.2. The molecule has 0 aromatic heterocycles. The predicted molar refractivity (Wildman–Crippen MR) is 199 cm³/mol. The van der Waals surface area contributed by atoms with Gasteiger partial charge in [-0.05, 0) is 143 Å². The van der Waals surface area contributed by atoms with Crippen molar-refractivity contribution in [3.63, 3.8) is 0 Å². The molecule has 1 N–H and O–H groups in total. The third-order valence-electron chi connectivity index (χ3n) is 15.8. The van der Waals surface area contributed by atoms with E-state index in [1.54, 1.807) is 6.07 Å². The number of amides is 1. The Bertz CT molecular complexity index is 1620. The van der Waals surface area contributed by atoms with Crippen LogP contribution in [0.4, 0.5) is 10.5 Å². The van der Waals surface area contributed by atoms with Crippen LogP contribution in [0.15, 0.2) is 23.4 Å². The summed E-state index contributed by atoms with van der Waals surface area (Å²) in [6.07, 6.45) is 9.07. The van der Waals surface area contributed by atoms with E-state index in [-0.39, 0.29) is 53.7 Å². The van der Waals surface area contributed by atoms with Crippen molar-refractivity contribution in [1.29, 1.82) is 0 Å². The Labute approximate surface area is 319 Å². The lowest BCUT2D eigenvalue weighted by atomic mass is 9.55. The number of nitrogens with one attached hydrogen (secondary N) is 1. The number of nitrogens with zero attached hydrogens (tertiary/aromatic N) is 1. The molecule has 4 bridgehead atoms. The van der Waals surface area contributed by atoms with E-state index >= 15 is 0 Å². The number of hydrogen-bond acceptors (Lipinski definition) is 9. The van der Waals surface area contributed by atoms with Crippen LogP contribution in [0.25, 0.3) is 0 Å².